The fraction of sp³-hybridized carbons (Fsp3) is 0.833. The molecule has 2 aliphatic rings. The Morgan fingerprint density at radius 3 is 2.72 bits per heavy atom. The van der Waals surface area contributed by atoms with E-state index in [9.17, 15) is 9.59 Å². The standard InChI is InChI=1S/C12H21N3O3/c13-12(17)10-8-18-6-5-15(10)11(16)7-9-1-3-14-4-2-9/h9-10,14H,1-8H2,(H2,13,17). The quantitative estimate of drug-likeness (QED) is 0.683. The van der Waals surface area contributed by atoms with E-state index in [2.05, 4.69) is 5.32 Å². The van der Waals surface area contributed by atoms with Gasteiger partial charge in [-0.25, -0.2) is 0 Å². The van der Waals surface area contributed by atoms with Crippen LogP contribution in [0.3, 0.4) is 0 Å². The summed E-state index contributed by atoms with van der Waals surface area (Å²) in [5.41, 5.74) is 5.31. The molecule has 6 heteroatoms. The third-order valence-electron chi connectivity index (χ3n) is 3.70. The highest BCUT2D eigenvalue weighted by molar-refractivity contribution is 5.87. The van der Waals surface area contributed by atoms with Crippen molar-refractivity contribution in [2.45, 2.75) is 25.3 Å². The number of primary amides is 1. The van der Waals surface area contributed by atoms with Crippen molar-refractivity contribution in [1.29, 1.82) is 0 Å². The molecule has 2 aliphatic heterocycles. The molecule has 0 saturated carbocycles. The van der Waals surface area contributed by atoms with Gasteiger partial charge in [-0.05, 0) is 31.8 Å². The van der Waals surface area contributed by atoms with Crippen LogP contribution in [0.4, 0.5) is 0 Å². The van der Waals surface area contributed by atoms with Gasteiger partial charge in [0, 0.05) is 13.0 Å². The fourth-order valence-corrected chi connectivity index (χ4v) is 2.59. The van der Waals surface area contributed by atoms with E-state index in [1.807, 2.05) is 0 Å². The second-order valence-corrected chi connectivity index (χ2v) is 4.98. The second kappa shape index (κ2) is 6.15. The Hall–Kier alpha value is -1.14. The summed E-state index contributed by atoms with van der Waals surface area (Å²) in [7, 11) is 0. The predicted molar refractivity (Wildman–Crippen MR) is 65.7 cm³/mol. The molecule has 2 saturated heterocycles. The van der Waals surface area contributed by atoms with Crippen LogP contribution in [-0.2, 0) is 14.3 Å². The van der Waals surface area contributed by atoms with E-state index < -0.39 is 11.9 Å². The third kappa shape index (κ3) is 3.20. The number of carbonyl (C=O) groups excluding carboxylic acids is 2. The van der Waals surface area contributed by atoms with Crippen molar-refractivity contribution in [2.75, 3.05) is 32.8 Å². The Bertz CT molecular complexity index is 316. The summed E-state index contributed by atoms with van der Waals surface area (Å²) >= 11 is 0. The summed E-state index contributed by atoms with van der Waals surface area (Å²) in [5.74, 6) is -0.0162. The van der Waals surface area contributed by atoms with Crippen LogP contribution in [0.1, 0.15) is 19.3 Å². The minimum absolute atomic E-state index is 0.0361. The van der Waals surface area contributed by atoms with Crippen LogP contribution in [0.2, 0.25) is 0 Å². The van der Waals surface area contributed by atoms with E-state index in [1.54, 1.807) is 4.90 Å². The molecule has 2 fully saturated rings. The maximum atomic E-state index is 12.2. The first-order valence-electron chi connectivity index (χ1n) is 6.55. The summed E-state index contributed by atoms with van der Waals surface area (Å²) in [5, 5.41) is 3.28. The maximum absolute atomic E-state index is 12.2. The van der Waals surface area contributed by atoms with Crippen molar-refractivity contribution in [1.82, 2.24) is 10.2 Å². The number of nitrogens with one attached hydrogen (secondary N) is 1. The zero-order valence-electron chi connectivity index (χ0n) is 10.6. The summed E-state index contributed by atoms with van der Waals surface area (Å²) < 4.78 is 5.21. The van der Waals surface area contributed by atoms with E-state index in [-0.39, 0.29) is 12.5 Å². The maximum Gasteiger partial charge on any atom is 0.242 e. The van der Waals surface area contributed by atoms with Crippen molar-refractivity contribution in [2.24, 2.45) is 11.7 Å². The van der Waals surface area contributed by atoms with Gasteiger partial charge in [0.1, 0.15) is 6.04 Å². The van der Waals surface area contributed by atoms with Gasteiger partial charge in [-0.1, -0.05) is 0 Å². The van der Waals surface area contributed by atoms with Crippen LogP contribution in [-0.4, -0.2) is 55.6 Å². The van der Waals surface area contributed by atoms with Gasteiger partial charge in [0.25, 0.3) is 0 Å². The van der Waals surface area contributed by atoms with Gasteiger partial charge in [0.2, 0.25) is 11.8 Å². The highest BCUT2D eigenvalue weighted by atomic mass is 16.5. The molecule has 2 heterocycles. The van der Waals surface area contributed by atoms with Crippen molar-refractivity contribution in [3.05, 3.63) is 0 Å². The molecule has 1 unspecified atom stereocenters. The van der Waals surface area contributed by atoms with Gasteiger partial charge in [-0.3, -0.25) is 9.59 Å². The largest absolute Gasteiger partial charge is 0.377 e. The molecule has 0 bridgehead atoms. The molecule has 102 valence electrons. The predicted octanol–water partition coefficient (Wildman–Crippen LogP) is -0.911. The lowest BCUT2D eigenvalue weighted by molar-refractivity contribution is -0.148. The molecule has 0 aromatic heterocycles. The molecule has 1 atom stereocenters. The third-order valence-corrected chi connectivity index (χ3v) is 3.70. The minimum Gasteiger partial charge on any atom is -0.377 e. The molecule has 18 heavy (non-hydrogen) atoms. The summed E-state index contributed by atoms with van der Waals surface area (Å²) in [4.78, 5) is 25.1. The Kier molecular flexibility index (Phi) is 4.54. The molecule has 6 nitrogen and oxygen atoms in total. The van der Waals surface area contributed by atoms with Crippen LogP contribution >= 0.6 is 0 Å². The molecular formula is C12H21N3O3. The normalized spacial score (nSPS) is 26.0. The molecular weight excluding hydrogens is 234 g/mol. The monoisotopic (exact) mass is 255 g/mol. The highest BCUT2D eigenvalue weighted by Gasteiger charge is 2.32. The van der Waals surface area contributed by atoms with Gasteiger partial charge >= 0.3 is 0 Å². The van der Waals surface area contributed by atoms with Crippen LogP contribution in [0.5, 0.6) is 0 Å². The highest BCUT2D eigenvalue weighted by Crippen LogP contribution is 2.19. The van der Waals surface area contributed by atoms with E-state index in [0.29, 0.717) is 25.5 Å². The van der Waals surface area contributed by atoms with Crippen LogP contribution in [0.15, 0.2) is 0 Å². The number of ether oxygens (including phenoxy) is 1. The molecule has 3 N–H and O–H groups in total. The molecule has 0 aromatic rings. The number of piperidine rings is 1. The first-order valence-corrected chi connectivity index (χ1v) is 6.55. The summed E-state index contributed by atoms with van der Waals surface area (Å²) in [6.07, 6.45) is 2.57. The van der Waals surface area contributed by atoms with Crippen LogP contribution < -0.4 is 11.1 Å². The molecule has 0 aliphatic carbocycles. The Labute approximate surface area is 107 Å². The number of hydrogen-bond acceptors (Lipinski definition) is 4. The molecule has 0 radical (unpaired) electrons. The van der Waals surface area contributed by atoms with E-state index in [1.165, 1.54) is 0 Å². The van der Waals surface area contributed by atoms with Gasteiger partial charge in [0.15, 0.2) is 0 Å². The zero-order chi connectivity index (χ0) is 13.0. The first-order chi connectivity index (χ1) is 8.68. The molecule has 0 spiro atoms. The Morgan fingerprint density at radius 1 is 1.33 bits per heavy atom. The first kappa shape index (κ1) is 13.3. The van der Waals surface area contributed by atoms with Crippen molar-refractivity contribution < 1.29 is 14.3 Å². The topological polar surface area (TPSA) is 84.7 Å². The lowest BCUT2D eigenvalue weighted by atomic mass is 9.93. The lowest BCUT2D eigenvalue weighted by Crippen LogP contribution is -2.55. The Balaban J connectivity index is 1.91. The zero-order valence-corrected chi connectivity index (χ0v) is 10.6. The number of carbonyl (C=O) groups is 2. The summed E-state index contributed by atoms with van der Waals surface area (Å²) in [6.45, 7) is 3.13. The summed E-state index contributed by atoms with van der Waals surface area (Å²) in [6, 6.07) is -0.590. The molecule has 2 amide bonds. The van der Waals surface area contributed by atoms with E-state index in [0.717, 1.165) is 25.9 Å². The number of rotatable bonds is 3. The average Bonchev–Trinajstić information content (AvgIpc) is 2.40. The van der Waals surface area contributed by atoms with E-state index >= 15 is 0 Å². The molecule has 0 aromatic carbocycles. The number of amides is 2. The fourth-order valence-electron chi connectivity index (χ4n) is 2.59. The number of morpholine rings is 1. The number of nitrogens with two attached hydrogens (primary N) is 1. The van der Waals surface area contributed by atoms with Crippen molar-refractivity contribution in [3.8, 4) is 0 Å². The smallest absolute Gasteiger partial charge is 0.242 e. The van der Waals surface area contributed by atoms with Crippen molar-refractivity contribution >= 4 is 11.8 Å². The van der Waals surface area contributed by atoms with Crippen LogP contribution in [0, 0.1) is 5.92 Å². The minimum atomic E-state index is -0.590. The van der Waals surface area contributed by atoms with Gasteiger partial charge in [0.05, 0.1) is 13.2 Å². The SMILES string of the molecule is NC(=O)C1COCCN1C(=O)CC1CCNCC1. The molecule has 2 rings (SSSR count). The van der Waals surface area contributed by atoms with Gasteiger partial charge in [-0.2, -0.15) is 0 Å². The van der Waals surface area contributed by atoms with Crippen molar-refractivity contribution in [3.63, 3.8) is 0 Å². The second-order valence-electron chi connectivity index (χ2n) is 4.98. The van der Waals surface area contributed by atoms with Gasteiger partial charge < -0.3 is 20.7 Å². The number of hydrogen-bond donors (Lipinski definition) is 2. The van der Waals surface area contributed by atoms with E-state index in [4.69, 9.17) is 10.5 Å². The Morgan fingerprint density at radius 2 is 2.06 bits per heavy atom. The lowest BCUT2D eigenvalue weighted by Gasteiger charge is -2.35. The van der Waals surface area contributed by atoms with Crippen LogP contribution in [0.25, 0.3) is 0 Å². The van der Waals surface area contributed by atoms with Gasteiger partial charge in [-0.15, -0.1) is 0 Å². The average molecular weight is 255 g/mol. The number of nitrogens with zero attached hydrogens (tertiary/aromatic N) is 1.